The quantitative estimate of drug-likeness (QED) is 0.293. The monoisotopic (exact) mass is 470 g/mol. The average Bonchev–Trinajstić information content (AvgIpc) is 3.15. The second kappa shape index (κ2) is 9.79. The SMILES string of the molecule is C=P(C)(C)CC(C)[C@H]1O[C@@H](n2c(SCCCCC)nc3c(=O)[nH]c(C)nc32)[C@H](O)[C@@H]1O. The molecule has 3 heterocycles. The van der Waals surface area contributed by atoms with E-state index in [4.69, 9.17) is 4.74 Å². The highest BCUT2D eigenvalue weighted by Gasteiger charge is 2.47. The zero-order valence-electron chi connectivity index (χ0n) is 19.0. The molecule has 0 amide bonds. The first-order valence-corrected chi connectivity index (χ1v) is 14.9. The maximum atomic E-state index is 12.5. The third-order valence-electron chi connectivity index (χ3n) is 5.49. The van der Waals surface area contributed by atoms with E-state index in [2.05, 4.69) is 41.5 Å². The summed E-state index contributed by atoms with van der Waals surface area (Å²) in [5.41, 5.74) is 0.266. The van der Waals surface area contributed by atoms with Crippen molar-refractivity contribution in [1.82, 2.24) is 19.5 Å². The van der Waals surface area contributed by atoms with Crippen molar-refractivity contribution in [2.24, 2.45) is 5.92 Å². The summed E-state index contributed by atoms with van der Waals surface area (Å²) in [5.74, 6) is 1.33. The zero-order chi connectivity index (χ0) is 22.9. The number of hydrogen-bond acceptors (Lipinski definition) is 7. The van der Waals surface area contributed by atoms with Gasteiger partial charge >= 0.3 is 0 Å². The molecule has 1 fully saturated rings. The highest BCUT2D eigenvalue weighted by Crippen LogP contribution is 2.43. The van der Waals surface area contributed by atoms with Crippen LogP contribution in [-0.4, -0.2) is 79.6 Å². The summed E-state index contributed by atoms with van der Waals surface area (Å²) >= 11 is 1.52. The van der Waals surface area contributed by atoms with Gasteiger partial charge in [-0.3, -0.25) is 9.36 Å². The summed E-state index contributed by atoms with van der Waals surface area (Å²) in [6, 6.07) is 0. The lowest BCUT2D eigenvalue weighted by atomic mass is 10.0. The van der Waals surface area contributed by atoms with Crippen LogP contribution in [0.4, 0.5) is 0 Å². The van der Waals surface area contributed by atoms with E-state index < -0.39 is 31.4 Å². The summed E-state index contributed by atoms with van der Waals surface area (Å²) in [6.07, 6.45) is 4.77. The van der Waals surface area contributed by atoms with Crippen LogP contribution in [0.5, 0.6) is 0 Å². The number of rotatable bonds is 9. The smallest absolute Gasteiger partial charge is 0.279 e. The van der Waals surface area contributed by atoms with Crippen molar-refractivity contribution >= 4 is 36.1 Å². The van der Waals surface area contributed by atoms with E-state index in [0.29, 0.717) is 16.6 Å². The Bertz CT molecular complexity index is 1020. The van der Waals surface area contributed by atoms with Gasteiger partial charge in [-0.1, -0.05) is 38.5 Å². The van der Waals surface area contributed by atoms with Gasteiger partial charge in [-0.25, -0.2) is 9.97 Å². The summed E-state index contributed by atoms with van der Waals surface area (Å²) in [4.78, 5) is 24.2. The zero-order valence-corrected chi connectivity index (χ0v) is 20.7. The van der Waals surface area contributed by atoms with Crippen LogP contribution < -0.4 is 5.56 Å². The molecular formula is C21H35N4O4PS. The topological polar surface area (TPSA) is 113 Å². The van der Waals surface area contributed by atoms with E-state index >= 15 is 0 Å². The molecule has 5 atom stereocenters. The first kappa shape index (κ1) is 24.5. The largest absolute Gasteiger partial charge is 0.388 e. The first-order chi connectivity index (χ1) is 14.5. The summed E-state index contributed by atoms with van der Waals surface area (Å²) < 4.78 is 7.94. The lowest BCUT2D eigenvalue weighted by Crippen LogP contribution is -2.36. The third kappa shape index (κ3) is 5.45. The summed E-state index contributed by atoms with van der Waals surface area (Å²) in [7, 11) is 0. The lowest BCUT2D eigenvalue weighted by molar-refractivity contribution is -0.0527. The molecule has 3 N–H and O–H groups in total. The van der Waals surface area contributed by atoms with E-state index in [1.807, 2.05) is 6.92 Å². The van der Waals surface area contributed by atoms with Gasteiger partial charge in [-0.05, 0) is 38.8 Å². The van der Waals surface area contributed by atoms with Gasteiger partial charge < -0.3 is 19.9 Å². The van der Waals surface area contributed by atoms with Crippen LogP contribution in [0.2, 0.25) is 0 Å². The molecular weight excluding hydrogens is 435 g/mol. The number of H-pyrrole nitrogens is 1. The number of fused-ring (bicyclic) bond motifs is 1. The third-order valence-corrected chi connectivity index (χ3v) is 8.09. The predicted molar refractivity (Wildman–Crippen MR) is 129 cm³/mol. The fourth-order valence-corrected chi connectivity index (χ4v) is 6.96. The Labute approximate surface area is 187 Å². The van der Waals surface area contributed by atoms with Gasteiger partial charge in [0.05, 0.1) is 6.10 Å². The van der Waals surface area contributed by atoms with Gasteiger partial charge in [0, 0.05) is 5.75 Å². The highest BCUT2D eigenvalue weighted by atomic mass is 32.2. The van der Waals surface area contributed by atoms with E-state index in [1.54, 1.807) is 11.5 Å². The van der Waals surface area contributed by atoms with Crippen LogP contribution in [0.25, 0.3) is 11.2 Å². The van der Waals surface area contributed by atoms with Crippen molar-refractivity contribution in [3.63, 3.8) is 0 Å². The summed E-state index contributed by atoms with van der Waals surface area (Å²) in [6.45, 7) is 8.83. The maximum absolute atomic E-state index is 12.5. The van der Waals surface area contributed by atoms with Crippen LogP contribution >= 0.6 is 18.6 Å². The number of unbranched alkanes of at least 4 members (excludes halogenated alkanes) is 2. The number of aromatic nitrogens is 4. The fraction of sp³-hybridized carbons (Fsp3) is 0.714. The number of aliphatic hydroxyl groups excluding tert-OH is 2. The Morgan fingerprint density at radius 3 is 2.65 bits per heavy atom. The van der Waals surface area contributed by atoms with Crippen LogP contribution in [-0.2, 0) is 4.74 Å². The minimum absolute atomic E-state index is 0.0315. The van der Waals surface area contributed by atoms with Gasteiger partial charge in [-0.2, -0.15) is 0 Å². The molecule has 1 aliphatic rings. The number of thioether (sulfide) groups is 1. The number of hydrogen-bond donors (Lipinski definition) is 3. The number of nitrogens with one attached hydrogen (secondary N) is 1. The molecule has 8 nitrogen and oxygen atoms in total. The molecule has 0 spiro atoms. The van der Waals surface area contributed by atoms with Crippen LogP contribution in [0.15, 0.2) is 9.95 Å². The fourth-order valence-electron chi connectivity index (χ4n) is 4.17. The van der Waals surface area contributed by atoms with Crippen LogP contribution in [0, 0.1) is 12.8 Å². The number of imidazole rings is 1. The standard InChI is InChI=1S/C21H35N4O4PS/c1-7-8-9-10-31-21-24-14-18(22-13(3)23-19(14)28)25(21)20-16(27)15(26)17(29-20)12(2)11-30(4,5)6/h12,15-17,20,26-27H,4,7-11H2,1-3,5-6H3,(H,22,23,28)/t12?,15-,16+,17+,20+/m0/s1. The molecule has 10 heteroatoms. The average molecular weight is 471 g/mol. The molecule has 0 bridgehead atoms. The molecule has 2 aromatic rings. The number of ether oxygens (including phenoxy) is 1. The van der Waals surface area contributed by atoms with Gasteiger partial charge in [-0.15, -0.1) is 13.2 Å². The van der Waals surface area contributed by atoms with Gasteiger partial charge in [0.1, 0.15) is 18.0 Å². The van der Waals surface area contributed by atoms with Crippen molar-refractivity contribution in [3.8, 4) is 0 Å². The van der Waals surface area contributed by atoms with Crippen LogP contribution in [0.1, 0.15) is 45.2 Å². The van der Waals surface area contributed by atoms with Crippen molar-refractivity contribution in [2.45, 2.75) is 69.7 Å². The molecule has 1 saturated heterocycles. The van der Waals surface area contributed by atoms with E-state index in [0.717, 1.165) is 31.2 Å². The molecule has 3 rings (SSSR count). The van der Waals surface area contributed by atoms with Crippen LogP contribution in [0.3, 0.4) is 0 Å². The summed E-state index contributed by atoms with van der Waals surface area (Å²) in [5, 5.41) is 22.3. The number of aromatic amines is 1. The molecule has 174 valence electrons. The molecule has 31 heavy (non-hydrogen) atoms. The van der Waals surface area contributed by atoms with E-state index in [9.17, 15) is 15.0 Å². The minimum Gasteiger partial charge on any atom is -0.388 e. The van der Waals surface area contributed by atoms with Gasteiger partial charge in [0.25, 0.3) is 5.56 Å². The Kier molecular flexibility index (Phi) is 7.75. The number of nitrogens with zero attached hydrogens (tertiary/aromatic N) is 3. The van der Waals surface area contributed by atoms with E-state index in [-0.39, 0.29) is 17.0 Å². The predicted octanol–water partition coefficient (Wildman–Crippen LogP) is 2.67. The lowest BCUT2D eigenvalue weighted by Gasteiger charge is -2.26. The molecule has 0 radical (unpaired) electrons. The number of aryl methyl sites for hydroxylation is 1. The van der Waals surface area contributed by atoms with Crippen molar-refractivity contribution < 1.29 is 14.9 Å². The molecule has 1 unspecified atom stereocenters. The van der Waals surface area contributed by atoms with Gasteiger partial charge in [0.2, 0.25) is 0 Å². The maximum Gasteiger partial charge on any atom is 0.279 e. The Morgan fingerprint density at radius 1 is 1.29 bits per heavy atom. The van der Waals surface area contributed by atoms with Crippen molar-refractivity contribution in [2.75, 3.05) is 25.2 Å². The molecule has 0 saturated carbocycles. The Hall–Kier alpha value is -1.12. The normalized spacial score (nSPS) is 25.4. The molecule has 0 aromatic carbocycles. The second-order valence-electron chi connectivity index (χ2n) is 9.21. The van der Waals surface area contributed by atoms with Crippen molar-refractivity contribution in [1.29, 1.82) is 0 Å². The molecule has 2 aromatic heterocycles. The Morgan fingerprint density at radius 2 is 2.00 bits per heavy atom. The number of aliphatic hydroxyl groups is 2. The van der Waals surface area contributed by atoms with Crippen molar-refractivity contribution in [3.05, 3.63) is 16.2 Å². The molecule has 0 aliphatic carbocycles. The van der Waals surface area contributed by atoms with E-state index in [1.165, 1.54) is 11.8 Å². The Balaban J connectivity index is 1.99. The second-order valence-corrected chi connectivity index (χ2v) is 14.5. The first-order valence-electron chi connectivity index (χ1n) is 10.8. The molecule has 1 aliphatic heterocycles. The van der Waals surface area contributed by atoms with Gasteiger partial charge in [0.15, 0.2) is 22.5 Å². The highest BCUT2D eigenvalue weighted by molar-refractivity contribution is 7.99. The minimum atomic E-state index is -1.34.